The fraction of sp³-hybridized carbons (Fsp3) is 0.130. The summed E-state index contributed by atoms with van der Waals surface area (Å²) < 4.78 is 10.6. The minimum absolute atomic E-state index is 0.0838. The molecule has 0 spiro atoms. The lowest BCUT2D eigenvalue weighted by Crippen LogP contribution is -2.21. The molecule has 6 nitrogen and oxygen atoms in total. The van der Waals surface area contributed by atoms with Crippen LogP contribution in [0.25, 0.3) is 0 Å². The molecular weight excluding hydrogens is 372 g/mol. The van der Waals surface area contributed by atoms with Gasteiger partial charge in [-0.25, -0.2) is 0 Å². The van der Waals surface area contributed by atoms with Crippen molar-refractivity contribution < 1.29 is 29.3 Å². The zero-order valence-corrected chi connectivity index (χ0v) is 15.9. The van der Waals surface area contributed by atoms with Crippen LogP contribution in [0, 0.1) is 0 Å². The molecule has 1 aliphatic rings. The summed E-state index contributed by atoms with van der Waals surface area (Å²) in [4.78, 5) is 25.8. The second kappa shape index (κ2) is 6.98. The van der Waals surface area contributed by atoms with Crippen molar-refractivity contribution in [3.63, 3.8) is 0 Å². The van der Waals surface area contributed by atoms with Crippen LogP contribution >= 0.6 is 0 Å². The van der Waals surface area contributed by atoms with Crippen LogP contribution in [0.2, 0.25) is 0 Å². The third-order valence-electron chi connectivity index (χ3n) is 5.12. The number of aromatic hydroxyl groups is 2. The maximum absolute atomic E-state index is 13.0. The topological polar surface area (TPSA) is 93.1 Å². The van der Waals surface area contributed by atoms with Crippen LogP contribution in [-0.4, -0.2) is 36.0 Å². The normalized spacial score (nSPS) is 12.3. The molecule has 0 bridgehead atoms. The van der Waals surface area contributed by atoms with Crippen molar-refractivity contribution in [2.45, 2.75) is 6.42 Å². The molecule has 6 heteroatoms. The number of hydrogen-bond acceptors (Lipinski definition) is 6. The van der Waals surface area contributed by atoms with Gasteiger partial charge in [0.1, 0.15) is 23.0 Å². The highest BCUT2D eigenvalue weighted by molar-refractivity contribution is 6.30. The van der Waals surface area contributed by atoms with Gasteiger partial charge in [0, 0.05) is 23.6 Å². The van der Waals surface area contributed by atoms with Gasteiger partial charge in [-0.2, -0.15) is 0 Å². The van der Waals surface area contributed by atoms with Crippen LogP contribution in [0.5, 0.6) is 23.0 Å². The van der Waals surface area contributed by atoms with Gasteiger partial charge in [-0.05, 0) is 29.3 Å². The maximum Gasteiger partial charge on any atom is 0.201 e. The SMILES string of the molecule is COc1ccc(Cc2ccc3c(c2O)C(=O)c2c(O)cccc2C3=O)c(OC)c1. The van der Waals surface area contributed by atoms with Gasteiger partial charge in [-0.1, -0.05) is 24.3 Å². The maximum atomic E-state index is 13.0. The molecule has 146 valence electrons. The highest BCUT2D eigenvalue weighted by Crippen LogP contribution is 2.39. The van der Waals surface area contributed by atoms with Gasteiger partial charge in [0.05, 0.1) is 25.3 Å². The van der Waals surface area contributed by atoms with Gasteiger partial charge in [0.2, 0.25) is 5.78 Å². The lowest BCUT2D eigenvalue weighted by molar-refractivity contribution is 0.0974. The van der Waals surface area contributed by atoms with E-state index in [1.807, 2.05) is 6.07 Å². The molecule has 0 atom stereocenters. The summed E-state index contributed by atoms with van der Waals surface area (Å²) in [6.07, 6.45) is 0.279. The van der Waals surface area contributed by atoms with Gasteiger partial charge in [0.15, 0.2) is 5.78 Å². The predicted molar refractivity (Wildman–Crippen MR) is 105 cm³/mol. The summed E-state index contributed by atoms with van der Waals surface area (Å²) in [6.45, 7) is 0. The molecule has 1 aliphatic carbocycles. The molecule has 0 unspecified atom stereocenters. The third-order valence-corrected chi connectivity index (χ3v) is 5.12. The van der Waals surface area contributed by atoms with Crippen molar-refractivity contribution >= 4 is 11.6 Å². The molecule has 2 N–H and O–H groups in total. The van der Waals surface area contributed by atoms with Crippen LogP contribution in [0.4, 0.5) is 0 Å². The first-order valence-corrected chi connectivity index (χ1v) is 8.93. The summed E-state index contributed by atoms with van der Waals surface area (Å²) in [5.74, 6) is -0.330. The molecule has 0 saturated heterocycles. The Balaban J connectivity index is 1.81. The Kier molecular flexibility index (Phi) is 4.47. The Morgan fingerprint density at radius 3 is 2.24 bits per heavy atom. The number of carbonyl (C=O) groups is 2. The minimum Gasteiger partial charge on any atom is -0.507 e. The van der Waals surface area contributed by atoms with E-state index in [-0.39, 0.29) is 40.2 Å². The highest BCUT2D eigenvalue weighted by atomic mass is 16.5. The van der Waals surface area contributed by atoms with Gasteiger partial charge in [-0.15, -0.1) is 0 Å². The number of ether oxygens (including phenoxy) is 2. The predicted octanol–water partition coefficient (Wildman–Crippen LogP) is 3.48. The average molecular weight is 390 g/mol. The Morgan fingerprint density at radius 1 is 0.793 bits per heavy atom. The van der Waals surface area contributed by atoms with E-state index in [9.17, 15) is 19.8 Å². The van der Waals surface area contributed by atoms with E-state index >= 15 is 0 Å². The molecule has 0 fully saturated rings. The fourth-order valence-electron chi connectivity index (χ4n) is 3.64. The van der Waals surface area contributed by atoms with Gasteiger partial charge in [0.25, 0.3) is 0 Å². The first-order chi connectivity index (χ1) is 14.0. The van der Waals surface area contributed by atoms with Crippen LogP contribution < -0.4 is 9.47 Å². The molecule has 0 amide bonds. The van der Waals surface area contributed by atoms with E-state index < -0.39 is 11.6 Å². The van der Waals surface area contributed by atoms with Crippen LogP contribution in [-0.2, 0) is 6.42 Å². The Morgan fingerprint density at radius 2 is 1.52 bits per heavy atom. The number of ketones is 2. The Hall–Kier alpha value is -3.80. The lowest BCUT2D eigenvalue weighted by Gasteiger charge is -2.21. The second-order valence-electron chi connectivity index (χ2n) is 6.71. The van der Waals surface area contributed by atoms with Gasteiger partial charge < -0.3 is 19.7 Å². The second-order valence-corrected chi connectivity index (χ2v) is 6.71. The summed E-state index contributed by atoms with van der Waals surface area (Å²) in [5.41, 5.74) is 1.32. The molecule has 0 aliphatic heterocycles. The van der Waals surface area contributed by atoms with Gasteiger partial charge >= 0.3 is 0 Å². The number of benzene rings is 3. The van der Waals surface area contributed by atoms with E-state index in [1.165, 1.54) is 31.4 Å². The molecule has 29 heavy (non-hydrogen) atoms. The van der Waals surface area contributed by atoms with Gasteiger partial charge in [-0.3, -0.25) is 9.59 Å². The molecule has 0 radical (unpaired) electrons. The molecule has 0 heterocycles. The Bertz CT molecular complexity index is 1160. The number of phenolic OH excluding ortho intramolecular Hbond substituents is 2. The zero-order valence-electron chi connectivity index (χ0n) is 15.9. The minimum atomic E-state index is -0.575. The van der Waals surface area contributed by atoms with Crippen molar-refractivity contribution in [3.8, 4) is 23.0 Å². The van der Waals surface area contributed by atoms with E-state index in [0.717, 1.165) is 5.56 Å². The summed E-state index contributed by atoms with van der Waals surface area (Å²) in [7, 11) is 3.09. The number of methoxy groups -OCH3 is 2. The first-order valence-electron chi connectivity index (χ1n) is 8.93. The molecule has 3 aromatic carbocycles. The van der Waals surface area contributed by atoms with Crippen LogP contribution in [0.15, 0.2) is 48.5 Å². The summed E-state index contributed by atoms with van der Waals surface area (Å²) >= 11 is 0. The summed E-state index contributed by atoms with van der Waals surface area (Å²) in [5, 5.41) is 20.9. The van der Waals surface area contributed by atoms with Crippen molar-refractivity contribution in [3.05, 3.63) is 81.9 Å². The molecular formula is C23H18O6. The highest BCUT2D eigenvalue weighted by Gasteiger charge is 2.34. The molecule has 0 saturated carbocycles. The van der Waals surface area contributed by atoms with E-state index in [1.54, 1.807) is 25.3 Å². The van der Waals surface area contributed by atoms with E-state index in [2.05, 4.69) is 0 Å². The largest absolute Gasteiger partial charge is 0.507 e. The first kappa shape index (κ1) is 18.6. The number of carbonyl (C=O) groups excluding carboxylic acids is 2. The van der Waals surface area contributed by atoms with Crippen molar-refractivity contribution in [1.82, 2.24) is 0 Å². The van der Waals surface area contributed by atoms with Crippen molar-refractivity contribution in [2.24, 2.45) is 0 Å². The molecule has 0 aromatic heterocycles. The monoisotopic (exact) mass is 390 g/mol. The summed E-state index contributed by atoms with van der Waals surface area (Å²) in [6, 6.07) is 12.8. The smallest absolute Gasteiger partial charge is 0.201 e. The zero-order chi connectivity index (χ0) is 20.7. The van der Waals surface area contributed by atoms with Crippen LogP contribution in [0.1, 0.15) is 43.0 Å². The lowest BCUT2D eigenvalue weighted by atomic mass is 9.81. The third kappa shape index (κ3) is 2.89. The number of fused-ring (bicyclic) bond motifs is 2. The average Bonchev–Trinajstić information content (AvgIpc) is 2.73. The standard InChI is InChI=1S/C23H18O6/c1-28-14-8-6-12(18(11-14)29-2)10-13-7-9-16-20(21(13)25)23(27)19-15(22(16)26)4-3-5-17(19)24/h3-9,11,24-25H,10H2,1-2H3. The molecule has 4 rings (SSSR count). The fourth-order valence-corrected chi connectivity index (χ4v) is 3.64. The number of hydrogen-bond donors (Lipinski definition) is 2. The van der Waals surface area contributed by atoms with E-state index in [0.29, 0.717) is 17.1 Å². The van der Waals surface area contributed by atoms with Crippen LogP contribution in [0.3, 0.4) is 0 Å². The van der Waals surface area contributed by atoms with E-state index in [4.69, 9.17) is 9.47 Å². The number of phenols is 2. The van der Waals surface area contributed by atoms with Crippen molar-refractivity contribution in [2.75, 3.05) is 14.2 Å². The Labute approximate surface area is 167 Å². The molecule has 3 aromatic rings. The van der Waals surface area contributed by atoms with Crippen molar-refractivity contribution in [1.29, 1.82) is 0 Å². The number of rotatable bonds is 4. The quantitative estimate of drug-likeness (QED) is 0.554.